The van der Waals surface area contributed by atoms with Crippen LogP contribution in [0.3, 0.4) is 0 Å². The molecule has 0 aliphatic carbocycles. The summed E-state index contributed by atoms with van der Waals surface area (Å²) in [6.45, 7) is 3.47. The average Bonchev–Trinajstić information content (AvgIpc) is 2.47. The van der Waals surface area contributed by atoms with E-state index in [1.807, 2.05) is 6.07 Å². The maximum atomic E-state index is 5.44. The molecule has 0 aromatic heterocycles. The van der Waals surface area contributed by atoms with Gasteiger partial charge in [0.1, 0.15) is 5.75 Å². The summed E-state index contributed by atoms with van der Waals surface area (Å²) in [5, 5.41) is 3.45. The standard InChI is InChI=1S/C17H20BrNO2/c1-12-8-15(18)9-16(21-3)17(12)19-10-13-4-6-14(7-5-13)11-20-2/h4-9,19H,10-11H2,1-3H3. The number of aryl methyl sites for hydroxylation is 1. The normalized spacial score (nSPS) is 10.5. The van der Waals surface area contributed by atoms with E-state index < -0.39 is 0 Å². The van der Waals surface area contributed by atoms with E-state index in [0.717, 1.165) is 28.0 Å². The fraction of sp³-hybridized carbons (Fsp3) is 0.294. The minimum absolute atomic E-state index is 0.646. The number of nitrogens with one attached hydrogen (secondary N) is 1. The van der Waals surface area contributed by atoms with E-state index in [1.165, 1.54) is 11.1 Å². The van der Waals surface area contributed by atoms with Gasteiger partial charge < -0.3 is 14.8 Å². The number of anilines is 1. The molecule has 2 aromatic rings. The Morgan fingerprint density at radius 3 is 2.33 bits per heavy atom. The molecule has 0 aliphatic heterocycles. The maximum Gasteiger partial charge on any atom is 0.143 e. The summed E-state index contributed by atoms with van der Waals surface area (Å²) in [5.41, 5.74) is 4.58. The van der Waals surface area contributed by atoms with Crippen LogP contribution >= 0.6 is 15.9 Å². The van der Waals surface area contributed by atoms with Crippen LogP contribution in [0.1, 0.15) is 16.7 Å². The molecule has 0 unspecified atom stereocenters. The maximum absolute atomic E-state index is 5.44. The third kappa shape index (κ3) is 4.22. The van der Waals surface area contributed by atoms with Crippen LogP contribution in [0.5, 0.6) is 5.75 Å². The molecule has 2 rings (SSSR count). The minimum atomic E-state index is 0.646. The first-order valence-electron chi connectivity index (χ1n) is 6.79. The first-order valence-corrected chi connectivity index (χ1v) is 7.58. The molecule has 21 heavy (non-hydrogen) atoms. The zero-order chi connectivity index (χ0) is 15.2. The van der Waals surface area contributed by atoms with Crippen molar-refractivity contribution in [3.63, 3.8) is 0 Å². The Hall–Kier alpha value is -1.52. The van der Waals surface area contributed by atoms with Gasteiger partial charge in [-0.05, 0) is 35.7 Å². The van der Waals surface area contributed by atoms with E-state index in [0.29, 0.717) is 6.61 Å². The highest BCUT2D eigenvalue weighted by molar-refractivity contribution is 9.10. The summed E-state index contributed by atoms with van der Waals surface area (Å²) < 4.78 is 11.6. The minimum Gasteiger partial charge on any atom is -0.495 e. The number of hydrogen-bond acceptors (Lipinski definition) is 3. The van der Waals surface area contributed by atoms with Crippen LogP contribution < -0.4 is 10.1 Å². The molecule has 0 atom stereocenters. The van der Waals surface area contributed by atoms with Gasteiger partial charge in [-0.1, -0.05) is 40.2 Å². The molecule has 0 saturated heterocycles. The van der Waals surface area contributed by atoms with Crippen molar-refractivity contribution in [3.8, 4) is 5.75 Å². The van der Waals surface area contributed by atoms with Crippen molar-refractivity contribution in [2.45, 2.75) is 20.1 Å². The van der Waals surface area contributed by atoms with E-state index >= 15 is 0 Å². The van der Waals surface area contributed by atoms with Gasteiger partial charge in [-0.15, -0.1) is 0 Å². The van der Waals surface area contributed by atoms with Crippen molar-refractivity contribution in [1.82, 2.24) is 0 Å². The number of ether oxygens (including phenoxy) is 2. The van der Waals surface area contributed by atoms with Crippen LogP contribution in [0.15, 0.2) is 40.9 Å². The van der Waals surface area contributed by atoms with Crippen molar-refractivity contribution >= 4 is 21.6 Å². The van der Waals surface area contributed by atoms with Gasteiger partial charge >= 0.3 is 0 Å². The van der Waals surface area contributed by atoms with E-state index in [1.54, 1.807) is 14.2 Å². The van der Waals surface area contributed by atoms with Crippen molar-refractivity contribution < 1.29 is 9.47 Å². The molecule has 1 N–H and O–H groups in total. The Balaban J connectivity index is 2.09. The van der Waals surface area contributed by atoms with Crippen molar-refractivity contribution in [2.75, 3.05) is 19.5 Å². The lowest BCUT2D eigenvalue weighted by Gasteiger charge is -2.15. The summed E-state index contributed by atoms with van der Waals surface area (Å²) in [5.74, 6) is 0.845. The fourth-order valence-corrected chi connectivity index (χ4v) is 2.76. The SMILES string of the molecule is COCc1ccc(CNc2c(C)cc(Br)cc2OC)cc1. The van der Waals surface area contributed by atoms with Gasteiger partial charge in [0, 0.05) is 18.1 Å². The largest absolute Gasteiger partial charge is 0.495 e. The average molecular weight is 350 g/mol. The van der Waals surface area contributed by atoms with Crippen LogP contribution in [0.2, 0.25) is 0 Å². The lowest BCUT2D eigenvalue weighted by molar-refractivity contribution is 0.185. The molecule has 0 heterocycles. The van der Waals surface area contributed by atoms with Gasteiger partial charge in [-0.3, -0.25) is 0 Å². The van der Waals surface area contributed by atoms with Gasteiger partial charge in [-0.2, -0.15) is 0 Å². The quantitative estimate of drug-likeness (QED) is 0.831. The van der Waals surface area contributed by atoms with Crippen molar-refractivity contribution in [1.29, 1.82) is 0 Å². The fourth-order valence-electron chi connectivity index (χ4n) is 2.21. The van der Waals surface area contributed by atoms with Crippen LogP contribution in [0.25, 0.3) is 0 Å². The number of hydrogen-bond donors (Lipinski definition) is 1. The highest BCUT2D eigenvalue weighted by Gasteiger charge is 2.08. The Morgan fingerprint density at radius 1 is 1.05 bits per heavy atom. The molecule has 112 valence electrons. The molecule has 0 amide bonds. The first-order chi connectivity index (χ1) is 10.1. The molecule has 0 saturated carbocycles. The lowest BCUT2D eigenvalue weighted by atomic mass is 10.1. The Morgan fingerprint density at radius 2 is 1.71 bits per heavy atom. The molecular formula is C17H20BrNO2. The predicted molar refractivity (Wildman–Crippen MR) is 89.9 cm³/mol. The molecule has 0 fully saturated rings. The number of halogens is 1. The van der Waals surface area contributed by atoms with E-state index in [9.17, 15) is 0 Å². The molecular weight excluding hydrogens is 330 g/mol. The lowest BCUT2D eigenvalue weighted by Crippen LogP contribution is -2.03. The second-order valence-electron chi connectivity index (χ2n) is 4.90. The van der Waals surface area contributed by atoms with Crippen molar-refractivity contribution in [2.24, 2.45) is 0 Å². The number of methoxy groups -OCH3 is 2. The Bertz CT molecular complexity index is 596. The van der Waals surface area contributed by atoms with Gasteiger partial charge in [0.05, 0.1) is 19.4 Å². The molecule has 0 aliphatic rings. The summed E-state index contributed by atoms with van der Waals surface area (Å²) in [6.07, 6.45) is 0. The van der Waals surface area contributed by atoms with Gasteiger partial charge in [0.2, 0.25) is 0 Å². The summed E-state index contributed by atoms with van der Waals surface area (Å²) in [4.78, 5) is 0. The highest BCUT2D eigenvalue weighted by Crippen LogP contribution is 2.32. The molecule has 2 aromatic carbocycles. The second kappa shape index (κ2) is 7.48. The van der Waals surface area contributed by atoms with Crippen LogP contribution in [0, 0.1) is 6.92 Å². The zero-order valence-electron chi connectivity index (χ0n) is 12.6. The van der Waals surface area contributed by atoms with Crippen LogP contribution in [-0.4, -0.2) is 14.2 Å². The van der Waals surface area contributed by atoms with Gasteiger partial charge in [0.25, 0.3) is 0 Å². The Labute approximate surface area is 134 Å². The van der Waals surface area contributed by atoms with Crippen molar-refractivity contribution in [3.05, 3.63) is 57.6 Å². The third-order valence-electron chi connectivity index (χ3n) is 3.29. The zero-order valence-corrected chi connectivity index (χ0v) is 14.2. The first kappa shape index (κ1) is 15.9. The smallest absolute Gasteiger partial charge is 0.143 e. The molecule has 0 spiro atoms. The summed E-state index contributed by atoms with van der Waals surface area (Å²) in [6, 6.07) is 12.5. The van der Waals surface area contributed by atoms with E-state index in [-0.39, 0.29) is 0 Å². The van der Waals surface area contributed by atoms with Gasteiger partial charge in [0.15, 0.2) is 0 Å². The van der Waals surface area contributed by atoms with E-state index in [2.05, 4.69) is 58.5 Å². The predicted octanol–water partition coefficient (Wildman–Crippen LogP) is 4.52. The molecule has 4 heteroatoms. The topological polar surface area (TPSA) is 30.5 Å². The van der Waals surface area contributed by atoms with Crippen LogP contribution in [-0.2, 0) is 17.9 Å². The van der Waals surface area contributed by atoms with E-state index in [4.69, 9.17) is 9.47 Å². The molecule has 0 radical (unpaired) electrons. The number of rotatable bonds is 6. The number of benzene rings is 2. The monoisotopic (exact) mass is 349 g/mol. The second-order valence-corrected chi connectivity index (χ2v) is 5.82. The van der Waals surface area contributed by atoms with Gasteiger partial charge in [-0.25, -0.2) is 0 Å². The summed E-state index contributed by atoms with van der Waals surface area (Å²) in [7, 11) is 3.39. The highest BCUT2D eigenvalue weighted by atomic mass is 79.9. The Kier molecular flexibility index (Phi) is 5.65. The molecule has 0 bridgehead atoms. The summed E-state index contributed by atoms with van der Waals surface area (Å²) >= 11 is 3.49. The molecule has 3 nitrogen and oxygen atoms in total. The third-order valence-corrected chi connectivity index (χ3v) is 3.75. The van der Waals surface area contributed by atoms with Crippen LogP contribution in [0.4, 0.5) is 5.69 Å².